The van der Waals surface area contributed by atoms with Gasteiger partial charge >= 0.3 is 0 Å². The van der Waals surface area contributed by atoms with Crippen LogP contribution in [0.4, 0.5) is 5.82 Å². The second kappa shape index (κ2) is 8.03. The van der Waals surface area contributed by atoms with Crippen LogP contribution in [-0.2, 0) is 14.8 Å². The van der Waals surface area contributed by atoms with Gasteiger partial charge in [-0.05, 0) is 31.5 Å². The molecule has 0 radical (unpaired) electrons. The van der Waals surface area contributed by atoms with Crippen molar-refractivity contribution < 1.29 is 13.2 Å². The molecule has 2 unspecified atom stereocenters. The number of nitrogens with one attached hydrogen (secondary N) is 2. The summed E-state index contributed by atoms with van der Waals surface area (Å²) in [6.07, 6.45) is 0. The van der Waals surface area contributed by atoms with Crippen LogP contribution < -0.4 is 4.72 Å². The zero-order chi connectivity index (χ0) is 21.2. The van der Waals surface area contributed by atoms with Gasteiger partial charge in [0.2, 0.25) is 10.0 Å². The van der Waals surface area contributed by atoms with Gasteiger partial charge in [-0.1, -0.05) is 6.07 Å². The number of hydrogen-bond acceptors (Lipinski definition) is 7. The minimum atomic E-state index is -3.63. The van der Waals surface area contributed by atoms with E-state index in [4.69, 9.17) is 4.74 Å². The molecule has 0 aliphatic carbocycles. The summed E-state index contributed by atoms with van der Waals surface area (Å²) in [5.41, 5.74) is 2.99. The molecule has 0 spiro atoms. The fourth-order valence-electron chi connectivity index (χ4n) is 3.40. The molecule has 1 aromatic heterocycles. The average molecular weight is 412 g/mol. The molecular formula is C19H20N6O3S. The van der Waals surface area contributed by atoms with Gasteiger partial charge in [0.05, 0.1) is 47.2 Å². The number of rotatable bonds is 6. The molecule has 0 saturated carbocycles. The number of ether oxygens (including phenoxy) is 1. The molecule has 2 heterocycles. The van der Waals surface area contributed by atoms with Crippen molar-refractivity contribution >= 4 is 32.5 Å². The molecule has 2 N–H and O–H groups in total. The first-order valence-corrected chi connectivity index (χ1v) is 10.5. The Hall–Kier alpha value is -3.21. The van der Waals surface area contributed by atoms with Crippen molar-refractivity contribution in [3.63, 3.8) is 0 Å². The molecule has 29 heavy (non-hydrogen) atoms. The summed E-state index contributed by atoms with van der Waals surface area (Å²) in [7, 11) is -2.21. The third kappa shape index (κ3) is 3.99. The third-order valence-corrected chi connectivity index (χ3v) is 6.05. The summed E-state index contributed by atoms with van der Waals surface area (Å²) in [4.78, 5) is 4.34. The molecule has 2 atom stereocenters. The number of H-pyrrole nitrogens is 1. The highest BCUT2D eigenvalue weighted by molar-refractivity contribution is 7.92. The predicted octanol–water partition coefficient (Wildman–Crippen LogP) is 2.45. The quantitative estimate of drug-likeness (QED) is 0.745. The lowest BCUT2D eigenvalue weighted by Gasteiger charge is -2.26. The van der Waals surface area contributed by atoms with Crippen molar-refractivity contribution in [2.24, 2.45) is 10.9 Å². The molecule has 0 fully saturated rings. The van der Waals surface area contributed by atoms with Crippen molar-refractivity contribution in [1.82, 2.24) is 10.2 Å². The molecule has 0 amide bonds. The Balaban J connectivity index is 2.07. The predicted molar refractivity (Wildman–Crippen MR) is 109 cm³/mol. The minimum Gasteiger partial charge on any atom is -0.384 e. The van der Waals surface area contributed by atoms with Gasteiger partial charge in [-0.15, -0.1) is 0 Å². The maximum Gasteiger partial charge on any atom is 0.236 e. The SMILES string of the molecule is COCCS(=O)(=O)Nc1n[nH]c2ccc(C3C(C#N)=C(C)N=C(C)C3C#N)cc12. The van der Waals surface area contributed by atoms with Crippen LogP contribution in [0.15, 0.2) is 34.5 Å². The van der Waals surface area contributed by atoms with E-state index in [9.17, 15) is 18.9 Å². The lowest BCUT2D eigenvalue weighted by molar-refractivity contribution is 0.217. The van der Waals surface area contributed by atoms with Gasteiger partial charge < -0.3 is 4.74 Å². The van der Waals surface area contributed by atoms with E-state index in [-0.39, 0.29) is 18.2 Å². The smallest absolute Gasteiger partial charge is 0.236 e. The van der Waals surface area contributed by atoms with Gasteiger partial charge in [-0.3, -0.25) is 14.8 Å². The molecule has 1 aliphatic rings. The highest BCUT2D eigenvalue weighted by atomic mass is 32.2. The Morgan fingerprint density at radius 3 is 2.72 bits per heavy atom. The number of nitriles is 2. The lowest BCUT2D eigenvalue weighted by atomic mass is 9.76. The van der Waals surface area contributed by atoms with Crippen molar-refractivity contribution in [2.45, 2.75) is 19.8 Å². The minimum absolute atomic E-state index is 0.0586. The van der Waals surface area contributed by atoms with Gasteiger partial charge in [0.25, 0.3) is 0 Å². The molecule has 2 aromatic rings. The maximum atomic E-state index is 12.2. The topological polar surface area (TPSA) is 144 Å². The average Bonchev–Trinajstić information content (AvgIpc) is 3.07. The monoisotopic (exact) mass is 412 g/mol. The lowest BCUT2D eigenvalue weighted by Crippen LogP contribution is -2.24. The maximum absolute atomic E-state index is 12.2. The Morgan fingerprint density at radius 1 is 1.31 bits per heavy atom. The number of aromatic nitrogens is 2. The molecular weight excluding hydrogens is 392 g/mol. The molecule has 3 rings (SSSR count). The largest absolute Gasteiger partial charge is 0.384 e. The number of aromatic amines is 1. The molecule has 1 aliphatic heterocycles. The zero-order valence-electron chi connectivity index (χ0n) is 16.2. The van der Waals surface area contributed by atoms with Gasteiger partial charge in [-0.25, -0.2) is 8.42 Å². The fourth-order valence-corrected chi connectivity index (χ4v) is 4.34. The van der Waals surface area contributed by atoms with Crippen molar-refractivity contribution in [2.75, 3.05) is 24.2 Å². The van der Waals surface area contributed by atoms with Gasteiger partial charge in [0.15, 0.2) is 5.82 Å². The molecule has 1 aromatic carbocycles. The Bertz CT molecular complexity index is 1200. The van der Waals surface area contributed by atoms with Crippen LogP contribution in [0.2, 0.25) is 0 Å². The highest BCUT2D eigenvalue weighted by Crippen LogP contribution is 2.39. The summed E-state index contributed by atoms with van der Waals surface area (Å²) < 4.78 is 31.7. The third-order valence-electron chi connectivity index (χ3n) is 4.84. The number of sulfonamides is 1. The zero-order valence-corrected chi connectivity index (χ0v) is 17.0. The number of benzene rings is 1. The van der Waals surface area contributed by atoms with E-state index in [0.717, 1.165) is 0 Å². The first-order valence-electron chi connectivity index (χ1n) is 8.84. The first kappa shape index (κ1) is 20.5. The molecule has 10 heteroatoms. The van der Waals surface area contributed by atoms with Crippen LogP contribution in [0.1, 0.15) is 25.3 Å². The van der Waals surface area contributed by atoms with Crippen LogP contribution in [-0.4, -0.2) is 43.8 Å². The van der Waals surface area contributed by atoms with Crippen LogP contribution >= 0.6 is 0 Å². The first-order chi connectivity index (χ1) is 13.8. The van der Waals surface area contributed by atoms with Crippen molar-refractivity contribution in [1.29, 1.82) is 10.5 Å². The van der Waals surface area contributed by atoms with E-state index in [0.29, 0.717) is 33.4 Å². The normalized spacial score (nSPS) is 19.6. The number of nitrogens with zero attached hydrogens (tertiary/aromatic N) is 4. The number of fused-ring (bicyclic) bond motifs is 1. The van der Waals surface area contributed by atoms with E-state index >= 15 is 0 Å². The molecule has 150 valence electrons. The summed E-state index contributed by atoms with van der Waals surface area (Å²) in [6, 6.07) is 9.73. The number of hydrogen-bond donors (Lipinski definition) is 2. The van der Waals surface area contributed by atoms with Crippen molar-refractivity contribution in [3.8, 4) is 12.1 Å². The van der Waals surface area contributed by atoms with E-state index in [1.807, 2.05) is 6.07 Å². The van der Waals surface area contributed by atoms with Crippen LogP contribution in [0.3, 0.4) is 0 Å². The van der Waals surface area contributed by atoms with Crippen LogP contribution in [0, 0.1) is 28.6 Å². The summed E-state index contributed by atoms with van der Waals surface area (Å²) in [6.45, 7) is 3.57. The standard InChI is InChI=1S/C19H20N6O3S/c1-11-15(9-20)18(16(10-21)12(2)22-11)13-4-5-17-14(8-13)19(24-23-17)25-29(26,27)7-6-28-3/h4-5,8,15,18H,6-7H2,1-3H3,(H2,23,24,25). The number of aliphatic imine (C=N–C) groups is 1. The summed E-state index contributed by atoms with van der Waals surface area (Å²) >= 11 is 0. The second-order valence-electron chi connectivity index (χ2n) is 6.74. The molecule has 0 saturated heterocycles. The van der Waals surface area contributed by atoms with E-state index in [1.54, 1.807) is 26.0 Å². The van der Waals surface area contributed by atoms with E-state index in [2.05, 4.69) is 32.1 Å². The second-order valence-corrected chi connectivity index (χ2v) is 8.58. The number of allylic oxidation sites excluding steroid dienone is 2. The van der Waals surface area contributed by atoms with E-state index < -0.39 is 21.9 Å². The molecule has 9 nitrogen and oxygen atoms in total. The van der Waals surface area contributed by atoms with Gasteiger partial charge in [0.1, 0.15) is 0 Å². The Morgan fingerprint density at radius 2 is 2.07 bits per heavy atom. The highest BCUT2D eigenvalue weighted by Gasteiger charge is 2.34. The van der Waals surface area contributed by atoms with Gasteiger partial charge in [0, 0.05) is 24.1 Å². The van der Waals surface area contributed by atoms with E-state index in [1.165, 1.54) is 7.11 Å². The van der Waals surface area contributed by atoms with Gasteiger partial charge in [-0.2, -0.15) is 15.6 Å². The van der Waals surface area contributed by atoms with Crippen LogP contribution in [0.25, 0.3) is 10.9 Å². The molecule has 0 bridgehead atoms. The summed E-state index contributed by atoms with van der Waals surface area (Å²) in [5, 5.41) is 26.7. The Labute approximate surface area is 168 Å². The Kier molecular flexibility index (Phi) is 5.69. The fraction of sp³-hybridized carbons (Fsp3) is 0.368. The summed E-state index contributed by atoms with van der Waals surface area (Å²) in [5.74, 6) is -1.11. The van der Waals surface area contributed by atoms with Crippen LogP contribution in [0.5, 0.6) is 0 Å². The van der Waals surface area contributed by atoms with Crippen molar-refractivity contribution in [3.05, 3.63) is 35.0 Å². The number of anilines is 1. The number of methoxy groups -OCH3 is 1.